The van der Waals surface area contributed by atoms with E-state index in [1.807, 2.05) is 0 Å². The van der Waals surface area contributed by atoms with Gasteiger partial charge in [-0.25, -0.2) is 16.8 Å². The summed E-state index contributed by atoms with van der Waals surface area (Å²) >= 11 is 0. The van der Waals surface area contributed by atoms with Crippen molar-refractivity contribution in [3.63, 3.8) is 0 Å². The Hall–Kier alpha value is -0.0800. The van der Waals surface area contributed by atoms with Gasteiger partial charge < -0.3 is 19.3 Å². The number of hydrogen-bond donors (Lipinski definition) is 0. The molecule has 34 heavy (non-hydrogen) atoms. The van der Waals surface area contributed by atoms with Gasteiger partial charge in [-0.3, -0.25) is 4.79 Å². The number of carbonyl (C=O) groups is 1. The predicted octanol–water partition coefficient (Wildman–Crippen LogP) is -9.35. The van der Waals surface area contributed by atoms with Gasteiger partial charge in [-0.2, -0.15) is 20.3 Å². The van der Waals surface area contributed by atoms with E-state index in [1.165, 1.54) is 24.3 Å². The summed E-state index contributed by atoms with van der Waals surface area (Å²) in [4.78, 5) is 15.5. The third kappa shape index (κ3) is 8.50. The quantitative estimate of drug-likeness (QED) is 0.108. The molecule has 1 aliphatic rings. The van der Waals surface area contributed by atoms with Crippen molar-refractivity contribution in [1.82, 2.24) is 0 Å². The molecular weight excluding hydrogens is 525 g/mol. The first kappa shape index (κ1) is 33.9. The minimum atomic E-state index is -4.68. The van der Waals surface area contributed by atoms with Crippen molar-refractivity contribution in [1.29, 1.82) is 0 Å². The number of anilines is 1. The molecule has 0 spiro atoms. The zero-order valence-corrected chi connectivity index (χ0v) is 25.8. The first-order chi connectivity index (χ1) is 14.5. The second-order valence-corrected chi connectivity index (χ2v) is 8.78. The van der Waals surface area contributed by atoms with Gasteiger partial charge in [-0.15, -0.1) is 0 Å². The van der Waals surface area contributed by atoms with Crippen molar-refractivity contribution in [3.8, 4) is 0 Å². The topological polar surface area (TPSA) is 204 Å². The van der Waals surface area contributed by atoms with Crippen LogP contribution >= 0.6 is 0 Å². The molecule has 0 saturated heterocycles. The molecular formula is C16H11N4Na3O9S2. The largest absolute Gasteiger partial charge is 1.00 e. The number of amides is 1. The van der Waals surface area contributed by atoms with Gasteiger partial charge in [0.25, 0.3) is 5.91 Å². The van der Waals surface area contributed by atoms with E-state index in [4.69, 9.17) is 0 Å². The zero-order valence-electron chi connectivity index (χ0n) is 18.2. The molecule has 1 aliphatic heterocycles. The molecule has 13 nitrogen and oxygen atoms in total. The number of rotatable bonds is 7. The minimum Gasteiger partial charge on any atom is -0.744 e. The molecule has 0 aromatic heterocycles. The number of hydrazone groups is 1. The summed E-state index contributed by atoms with van der Waals surface area (Å²) in [6.07, 6.45) is 0. The van der Waals surface area contributed by atoms with E-state index in [1.54, 1.807) is 0 Å². The summed E-state index contributed by atoms with van der Waals surface area (Å²) in [6, 6.07) is 7.38. The maximum absolute atomic E-state index is 12.7. The van der Waals surface area contributed by atoms with Crippen LogP contribution in [0.1, 0.15) is 0 Å². The Bertz CT molecular complexity index is 1270. The number of carbonyl (C=O) groups excluding carboxylic acids is 1. The van der Waals surface area contributed by atoms with Crippen molar-refractivity contribution < 1.29 is 130 Å². The monoisotopic (exact) mass is 536 g/mol. The van der Waals surface area contributed by atoms with Gasteiger partial charge in [0.05, 0.1) is 33.5 Å². The number of benzene rings is 2. The number of nitrogens with zero attached hydrogens (tertiary/aromatic N) is 4. The van der Waals surface area contributed by atoms with E-state index >= 15 is 0 Å². The van der Waals surface area contributed by atoms with E-state index in [0.717, 1.165) is 29.3 Å². The van der Waals surface area contributed by atoms with Crippen molar-refractivity contribution >= 4 is 43.2 Å². The summed E-state index contributed by atoms with van der Waals surface area (Å²) in [5.74, 6) is -0.743. The molecule has 0 bridgehead atoms. The standard InChI is InChI=1S/C16H14N4O9S2.3Na/c21-16-15(18-17-10-1-5-12(6-2-10)30(23,24)25)14(9-29-22)19-20(16)11-3-7-13(8-4-11)31(26,27)28;;;/h1-8,15,22H,9H2,(H,23,24,25)(H,26,27,28);;;/q;3*+1/p-3. The first-order valence-corrected chi connectivity index (χ1v) is 11.0. The van der Waals surface area contributed by atoms with Gasteiger partial charge in [-0.05, 0) is 48.5 Å². The minimum absolute atomic E-state index is 0. The average Bonchev–Trinajstić information content (AvgIpc) is 3.01. The smallest absolute Gasteiger partial charge is 0.744 e. The molecule has 2 aromatic rings. The Morgan fingerprint density at radius 2 is 1.35 bits per heavy atom. The van der Waals surface area contributed by atoms with Crippen LogP contribution in [0.2, 0.25) is 0 Å². The summed E-state index contributed by atoms with van der Waals surface area (Å²) in [5.41, 5.74) is 0.123. The van der Waals surface area contributed by atoms with Crippen LogP contribution in [0.5, 0.6) is 0 Å². The molecule has 2 aromatic carbocycles. The summed E-state index contributed by atoms with van der Waals surface area (Å²) in [6.45, 7) is -0.605. The third-order valence-corrected chi connectivity index (χ3v) is 5.68. The van der Waals surface area contributed by atoms with E-state index in [9.17, 15) is 36.0 Å². The van der Waals surface area contributed by atoms with Crippen LogP contribution in [-0.2, 0) is 29.9 Å². The molecule has 3 rings (SSSR count). The molecule has 0 radical (unpaired) electrons. The van der Waals surface area contributed by atoms with E-state index < -0.39 is 48.6 Å². The molecule has 1 amide bonds. The molecule has 1 atom stereocenters. The number of azo groups is 1. The second-order valence-electron chi connectivity index (χ2n) is 6.02. The molecule has 1 heterocycles. The van der Waals surface area contributed by atoms with Gasteiger partial charge in [0, 0.05) is 0 Å². The molecule has 0 N–H and O–H groups in total. The normalized spacial score (nSPS) is 15.9. The van der Waals surface area contributed by atoms with E-state index in [2.05, 4.69) is 20.2 Å². The summed E-state index contributed by atoms with van der Waals surface area (Å²) in [7, 11) is -9.32. The maximum Gasteiger partial charge on any atom is 1.00 e. The van der Waals surface area contributed by atoms with Crippen molar-refractivity contribution in [2.24, 2.45) is 15.3 Å². The summed E-state index contributed by atoms with van der Waals surface area (Å²) < 4.78 is 65.9. The zero-order chi connectivity index (χ0) is 22.8. The van der Waals surface area contributed by atoms with E-state index in [-0.39, 0.29) is 106 Å². The number of hydrogen-bond acceptors (Lipinski definition) is 12. The van der Waals surface area contributed by atoms with Crippen LogP contribution in [0.4, 0.5) is 11.4 Å². The Morgan fingerprint density at radius 1 is 0.882 bits per heavy atom. The fourth-order valence-electron chi connectivity index (χ4n) is 2.52. The van der Waals surface area contributed by atoms with E-state index in [0.29, 0.717) is 0 Å². The van der Waals surface area contributed by atoms with Crippen LogP contribution in [0, 0.1) is 0 Å². The molecule has 0 aliphatic carbocycles. The maximum atomic E-state index is 12.7. The SMILES string of the molecule is O=C1C(N=Nc2ccc(S(=O)(=O)[O-])cc2)C(CO[O-])=NN1c1ccc(S(=O)(=O)[O-])cc1.[Na+].[Na+].[Na+]. The second kappa shape index (κ2) is 14.0. The molecule has 18 heteroatoms. The van der Waals surface area contributed by atoms with Gasteiger partial charge in [-0.1, -0.05) is 0 Å². The van der Waals surface area contributed by atoms with Crippen LogP contribution in [0.15, 0.2) is 73.7 Å². The fourth-order valence-corrected chi connectivity index (χ4v) is 3.46. The summed E-state index contributed by atoms with van der Waals surface area (Å²) in [5, 5.41) is 22.9. The van der Waals surface area contributed by atoms with Crippen LogP contribution < -0.4 is 98.9 Å². The van der Waals surface area contributed by atoms with Crippen LogP contribution in [0.3, 0.4) is 0 Å². The Balaban J connectivity index is 0.00000363. The van der Waals surface area contributed by atoms with Crippen molar-refractivity contribution in [2.45, 2.75) is 15.8 Å². The molecule has 1 unspecified atom stereocenters. The van der Waals surface area contributed by atoms with Crippen molar-refractivity contribution in [3.05, 3.63) is 48.5 Å². The van der Waals surface area contributed by atoms with Crippen molar-refractivity contribution in [2.75, 3.05) is 11.6 Å². The van der Waals surface area contributed by atoms with Gasteiger partial charge in [0.15, 0.2) is 6.04 Å². The first-order valence-electron chi connectivity index (χ1n) is 8.19. The molecule has 0 fully saturated rings. The van der Waals surface area contributed by atoms with Crippen LogP contribution in [-0.4, -0.2) is 50.2 Å². The van der Waals surface area contributed by atoms with Gasteiger partial charge in [0.1, 0.15) is 20.2 Å². The Kier molecular flexibility index (Phi) is 14.0. The van der Waals surface area contributed by atoms with Crippen LogP contribution in [0.25, 0.3) is 0 Å². The molecule has 0 saturated carbocycles. The third-order valence-electron chi connectivity index (χ3n) is 3.98. The van der Waals surface area contributed by atoms with Gasteiger partial charge >= 0.3 is 88.7 Å². The fraction of sp³-hybridized carbons (Fsp3) is 0.125. The van der Waals surface area contributed by atoms with Gasteiger partial charge in [0.2, 0.25) is 0 Å². The Labute approximate surface area is 261 Å². The predicted molar refractivity (Wildman–Crippen MR) is 98.0 cm³/mol. The molecule has 164 valence electrons. The average molecular weight is 536 g/mol. The Morgan fingerprint density at radius 3 is 1.79 bits per heavy atom.